The normalized spacial score (nSPS) is 16.1. The van der Waals surface area contributed by atoms with Crippen LogP contribution in [0.25, 0.3) is 0 Å². The molecule has 4 rings (SSSR count). The number of aliphatic hydroxyl groups is 1. The van der Waals surface area contributed by atoms with Gasteiger partial charge in [-0.2, -0.15) is 17.6 Å². The van der Waals surface area contributed by atoms with E-state index >= 15 is 0 Å². The number of hydrogen-bond donors (Lipinski definition) is 3. The van der Waals surface area contributed by atoms with Crippen LogP contribution in [0.5, 0.6) is 17.2 Å². The number of alkyl halides is 7. The van der Waals surface area contributed by atoms with E-state index in [2.05, 4.69) is 19.5 Å². The van der Waals surface area contributed by atoms with E-state index in [4.69, 9.17) is 5.11 Å². The Morgan fingerprint density at radius 3 is 1.91 bits per heavy atom. The average molecular weight is 659 g/mol. The minimum absolute atomic E-state index is 0.0288. The lowest BCUT2D eigenvalue weighted by Gasteiger charge is -2.31. The molecule has 0 saturated carbocycles. The summed E-state index contributed by atoms with van der Waals surface area (Å²) in [5.41, 5.74) is -0.455. The summed E-state index contributed by atoms with van der Waals surface area (Å²) in [5, 5.41) is 20.2. The van der Waals surface area contributed by atoms with Crippen LogP contribution in [0.4, 0.5) is 30.7 Å². The van der Waals surface area contributed by atoms with Crippen molar-refractivity contribution in [3.05, 3.63) is 89.0 Å². The van der Waals surface area contributed by atoms with Gasteiger partial charge in [0.15, 0.2) is 29.2 Å². The number of benzene rings is 3. The molecule has 0 aliphatic carbocycles. The van der Waals surface area contributed by atoms with Crippen LogP contribution in [0.2, 0.25) is 0 Å². The molecule has 3 aromatic rings. The molecular weight excluding hydrogens is 639 g/mol. The van der Waals surface area contributed by atoms with Crippen molar-refractivity contribution < 1.29 is 74.3 Å². The summed E-state index contributed by atoms with van der Waals surface area (Å²) in [6, 6.07) is 11.1. The number of hydrogen-bond acceptors (Lipinski definition) is 8. The van der Waals surface area contributed by atoms with Crippen LogP contribution in [0.3, 0.4) is 0 Å². The van der Waals surface area contributed by atoms with Crippen LogP contribution in [0, 0.1) is 0 Å². The standard InChI is InChI=1S/C29H20F7NO9/c30-27(31)28(32,33)46-23-11-17(7-10-22(23)45-27)20(38)12-19(14-5-8-18(9-6-14)44-29(34,35)36)24(40)15-1-3-16(4-2-15)25(41)37-13-21(39)26(42)43/h1-11,19,21,39H,12-13H2,(H,37,41)(H,42,43)/t19?,21-/m1/s1. The summed E-state index contributed by atoms with van der Waals surface area (Å²) in [6.45, 7) is -0.618. The Morgan fingerprint density at radius 1 is 0.804 bits per heavy atom. The molecule has 10 nitrogen and oxygen atoms in total. The summed E-state index contributed by atoms with van der Waals surface area (Å²) in [5.74, 6) is -7.74. The molecular formula is C29H20F7NO9. The van der Waals surface area contributed by atoms with Gasteiger partial charge in [0.25, 0.3) is 5.91 Å². The van der Waals surface area contributed by atoms with Gasteiger partial charge in [0.1, 0.15) is 5.75 Å². The van der Waals surface area contributed by atoms with Crippen molar-refractivity contribution in [3.8, 4) is 17.2 Å². The molecule has 0 aromatic heterocycles. The van der Waals surface area contributed by atoms with Crippen molar-refractivity contribution in [3.63, 3.8) is 0 Å². The molecule has 17 heteroatoms. The number of carboxylic acids is 1. The number of carbonyl (C=O) groups is 4. The van der Waals surface area contributed by atoms with E-state index in [1.54, 1.807) is 0 Å². The number of aliphatic hydroxyl groups excluding tert-OH is 1. The molecule has 1 unspecified atom stereocenters. The first-order chi connectivity index (χ1) is 21.4. The number of ether oxygens (including phenoxy) is 3. The van der Waals surface area contributed by atoms with Crippen LogP contribution < -0.4 is 19.5 Å². The average Bonchev–Trinajstić information content (AvgIpc) is 2.97. The first kappa shape index (κ1) is 33.7. The number of nitrogens with one attached hydrogen (secondary N) is 1. The number of aliphatic carboxylic acids is 1. The Kier molecular flexibility index (Phi) is 9.28. The molecule has 0 bridgehead atoms. The molecule has 244 valence electrons. The zero-order chi connectivity index (χ0) is 34.0. The van der Waals surface area contributed by atoms with E-state index in [1.165, 1.54) is 24.3 Å². The maximum Gasteiger partial charge on any atom is 0.573 e. The van der Waals surface area contributed by atoms with Crippen LogP contribution in [-0.4, -0.2) is 64.9 Å². The quantitative estimate of drug-likeness (QED) is 0.192. The third-order valence-corrected chi connectivity index (χ3v) is 6.48. The Morgan fingerprint density at radius 2 is 1.35 bits per heavy atom. The monoisotopic (exact) mass is 659 g/mol. The minimum Gasteiger partial charge on any atom is -0.479 e. The van der Waals surface area contributed by atoms with Gasteiger partial charge in [-0.25, -0.2) is 4.79 Å². The van der Waals surface area contributed by atoms with Gasteiger partial charge in [0.2, 0.25) is 0 Å². The smallest absolute Gasteiger partial charge is 0.479 e. The van der Waals surface area contributed by atoms with Crippen LogP contribution in [-0.2, 0) is 4.79 Å². The van der Waals surface area contributed by atoms with Crippen molar-refractivity contribution in [2.75, 3.05) is 6.54 Å². The number of halogens is 7. The second-order valence-corrected chi connectivity index (χ2v) is 9.70. The molecule has 3 N–H and O–H groups in total. The lowest BCUT2D eigenvalue weighted by molar-refractivity contribution is -0.391. The van der Waals surface area contributed by atoms with Crippen LogP contribution in [0.15, 0.2) is 66.7 Å². The van der Waals surface area contributed by atoms with Gasteiger partial charge in [0.05, 0.1) is 12.5 Å². The molecule has 1 amide bonds. The van der Waals surface area contributed by atoms with E-state index in [1.807, 2.05) is 0 Å². The number of ketones is 2. The molecule has 0 saturated heterocycles. The van der Waals surface area contributed by atoms with Crippen LogP contribution >= 0.6 is 0 Å². The number of carboxylic acid groups (broad SMARTS) is 1. The molecule has 3 aromatic carbocycles. The number of fused-ring (bicyclic) bond motifs is 1. The fourth-order valence-electron chi connectivity index (χ4n) is 4.17. The number of rotatable bonds is 11. The zero-order valence-corrected chi connectivity index (χ0v) is 22.8. The lowest BCUT2D eigenvalue weighted by Crippen LogP contribution is -2.52. The molecule has 0 fully saturated rings. The summed E-state index contributed by atoms with van der Waals surface area (Å²) in [6.07, 6.45) is -17.7. The highest BCUT2D eigenvalue weighted by Crippen LogP contribution is 2.47. The van der Waals surface area contributed by atoms with E-state index in [9.17, 15) is 55.0 Å². The largest absolute Gasteiger partial charge is 0.573 e. The van der Waals surface area contributed by atoms with Crippen LogP contribution in [0.1, 0.15) is 49.0 Å². The van der Waals surface area contributed by atoms with Gasteiger partial charge in [0, 0.05) is 23.1 Å². The van der Waals surface area contributed by atoms with Crippen molar-refractivity contribution in [2.45, 2.75) is 37.0 Å². The number of carbonyl (C=O) groups excluding carboxylic acids is 3. The molecule has 1 heterocycles. The summed E-state index contributed by atoms with van der Waals surface area (Å²) < 4.78 is 104. The third kappa shape index (κ3) is 7.71. The van der Waals surface area contributed by atoms with Gasteiger partial charge in [-0.1, -0.05) is 24.3 Å². The highest BCUT2D eigenvalue weighted by Gasteiger charge is 2.66. The van der Waals surface area contributed by atoms with Crippen molar-refractivity contribution in [2.24, 2.45) is 0 Å². The summed E-state index contributed by atoms with van der Waals surface area (Å²) >= 11 is 0. The number of Topliss-reactive ketones (excluding diaryl/α,β-unsaturated/α-hetero) is 2. The van der Waals surface area contributed by atoms with Gasteiger partial charge in [-0.05, 0) is 48.0 Å². The Hall–Kier alpha value is -5.19. The van der Waals surface area contributed by atoms with E-state index in [0.717, 1.165) is 36.4 Å². The Balaban J connectivity index is 1.60. The predicted molar refractivity (Wildman–Crippen MR) is 139 cm³/mol. The molecule has 1 aliphatic heterocycles. The van der Waals surface area contributed by atoms with E-state index < -0.39 is 84.3 Å². The predicted octanol–water partition coefficient (Wildman–Crippen LogP) is 4.96. The highest BCUT2D eigenvalue weighted by molar-refractivity contribution is 6.07. The van der Waals surface area contributed by atoms with Crippen molar-refractivity contribution in [1.29, 1.82) is 0 Å². The first-order valence-electron chi connectivity index (χ1n) is 12.9. The Bertz CT molecular complexity index is 1640. The SMILES string of the molecule is O=C(CC(C(=O)c1ccc(C(=O)NC[C@@H](O)C(=O)O)cc1)c1ccc(OC(F)(F)F)cc1)c1ccc2c(c1)OC(F)(F)C(F)(F)O2. The maximum absolute atomic E-state index is 13.7. The van der Waals surface area contributed by atoms with E-state index in [-0.39, 0.29) is 22.3 Å². The fraction of sp³-hybridized carbons (Fsp3) is 0.241. The van der Waals surface area contributed by atoms with Crippen molar-refractivity contribution >= 4 is 23.4 Å². The maximum atomic E-state index is 13.7. The fourth-order valence-corrected chi connectivity index (χ4v) is 4.17. The van der Waals surface area contributed by atoms with Crippen molar-refractivity contribution in [1.82, 2.24) is 5.32 Å². The first-order valence-corrected chi connectivity index (χ1v) is 12.9. The summed E-state index contributed by atoms with van der Waals surface area (Å²) in [4.78, 5) is 49.8. The van der Waals surface area contributed by atoms with Gasteiger partial charge in [-0.15, -0.1) is 13.2 Å². The highest BCUT2D eigenvalue weighted by atomic mass is 19.4. The molecule has 1 aliphatic rings. The summed E-state index contributed by atoms with van der Waals surface area (Å²) in [7, 11) is 0. The molecule has 2 atom stereocenters. The Labute approximate surface area is 253 Å². The molecule has 46 heavy (non-hydrogen) atoms. The lowest BCUT2D eigenvalue weighted by atomic mass is 9.85. The van der Waals surface area contributed by atoms with Gasteiger partial charge in [-0.3, -0.25) is 14.4 Å². The zero-order valence-electron chi connectivity index (χ0n) is 22.8. The second kappa shape index (κ2) is 12.7. The molecule has 0 spiro atoms. The number of amides is 1. The van der Waals surface area contributed by atoms with E-state index in [0.29, 0.717) is 6.07 Å². The van der Waals surface area contributed by atoms with Gasteiger partial charge < -0.3 is 29.7 Å². The minimum atomic E-state index is -5.07. The topological polar surface area (TPSA) is 148 Å². The third-order valence-electron chi connectivity index (χ3n) is 6.48. The second-order valence-electron chi connectivity index (χ2n) is 9.70. The molecule has 0 radical (unpaired) electrons. The van der Waals surface area contributed by atoms with Gasteiger partial charge >= 0.3 is 24.5 Å².